The van der Waals surface area contributed by atoms with Gasteiger partial charge < -0.3 is 15.0 Å². The Balaban J connectivity index is 1.28. The number of benzene rings is 2. The average Bonchev–Trinajstić information content (AvgIpc) is 3.70. The average molecular weight is 578 g/mol. The van der Waals surface area contributed by atoms with Crippen molar-refractivity contribution in [2.45, 2.75) is 69.7 Å². The van der Waals surface area contributed by atoms with E-state index in [0.29, 0.717) is 65.8 Å². The number of piperazine rings is 1. The molecule has 42 heavy (non-hydrogen) atoms. The van der Waals surface area contributed by atoms with Crippen LogP contribution < -0.4 is 15.0 Å². The molecule has 8 nitrogen and oxygen atoms in total. The van der Waals surface area contributed by atoms with Gasteiger partial charge in [0, 0.05) is 60.2 Å². The minimum absolute atomic E-state index is 0.0189. The third-order valence-corrected chi connectivity index (χ3v) is 9.95. The van der Waals surface area contributed by atoms with E-state index in [4.69, 9.17) is 9.72 Å². The van der Waals surface area contributed by atoms with Crippen LogP contribution in [0.1, 0.15) is 43.4 Å². The molecular formula is C31H34F3N7O. The van der Waals surface area contributed by atoms with E-state index in [2.05, 4.69) is 30.3 Å². The Hall–Kier alpha value is -3.44. The van der Waals surface area contributed by atoms with E-state index < -0.39 is 23.3 Å². The lowest BCUT2D eigenvalue weighted by Crippen LogP contribution is -2.51. The lowest BCUT2D eigenvalue weighted by atomic mass is 9.93. The maximum absolute atomic E-state index is 16.8. The first-order valence-electron chi connectivity index (χ1n) is 15.0. The Morgan fingerprint density at radius 3 is 2.69 bits per heavy atom. The Morgan fingerprint density at radius 2 is 1.88 bits per heavy atom. The molecule has 4 fully saturated rings. The van der Waals surface area contributed by atoms with E-state index in [1.54, 1.807) is 0 Å². The van der Waals surface area contributed by atoms with Gasteiger partial charge in [0.2, 0.25) is 0 Å². The summed E-state index contributed by atoms with van der Waals surface area (Å²) in [7, 11) is 0. The Labute approximate surface area is 241 Å². The first-order valence-corrected chi connectivity index (χ1v) is 15.0. The zero-order chi connectivity index (χ0) is 28.7. The Bertz CT molecular complexity index is 1710. The number of rotatable bonds is 5. The van der Waals surface area contributed by atoms with E-state index in [9.17, 15) is 4.39 Å². The van der Waals surface area contributed by atoms with Gasteiger partial charge in [0.1, 0.15) is 29.9 Å². The lowest BCUT2D eigenvalue weighted by molar-refractivity contribution is 0.107. The summed E-state index contributed by atoms with van der Waals surface area (Å²) in [5.41, 5.74) is 2.04. The van der Waals surface area contributed by atoms with Crippen LogP contribution in [0.5, 0.6) is 6.01 Å². The van der Waals surface area contributed by atoms with Crippen molar-refractivity contribution in [3.05, 3.63) is 41.1 Å². The van der Waals surface area contributed by atoms with Gasteiger partial charge >= 0.3 is 6.01 Å². The third kappa shape index (κ3) is 4.00. The molecule has 0 amide bonds. The highest BCUT2D eigenvalue weighted by atomic mass is 19.1. The molecule has 0 radical (unpaired) electrons. The second-order valence-electron chi connectivity index (χ2n) is 12.7. The molecule has 11 heteroatoms. The minimum Gasteiger partial charge on any atom is -0.461 e. The van der Waals surface area contributed by atoms with Gasteiger partial charge in [-0.25, -0.2) is 13.2 Å². The second-order valence-corrected chi connectivity index (χ2v) is 12.7. The van der Waals surface area contributed by atoms with Gasteiger partial charge in [-0.2, -0.15) is 15.1 Å². The molecule has 0 saturated carbocycles. The van der Waals surface area contributed by atoms with Crippen LogP contribution >= 0.6 is 0 Å². The predicted octanol–water partition coefficient (Wildman–Crippen LogP) is 4.96. The summed E-state index contributed by atoms with van der Waals surface area (Å²) in [5, 5.41) is 11.9. The second kappa shape index (κ2) is 9.54. The minimum atomic E-state index is -0.890. The standard InChI is InChI=1S/C31H34F3N7O/c1-16-4-7-23-25(17(2)38-39-23)24(16)26-22(33)10-21-28(27(26)34)36-30(37-29(21)40-13-19-5-6-20(14-40)35-19)42-15-31-8-3-9-41(31)12-18(32)11-31/h4,7,10,18-20,35H,3,5-6,8-9,11-15H2,1-2H3,(H,38,39)/t18-,19?,20?,31?/m1/s1. The van der Waals surface area contributed by atoms with Crippen molar-refractivity contribution in [3.63, 3.8) is 0 Å². The molecule has 8 rings (SSSR count). The van der Waals surface area contributed by atoms with Crippen molar-refractivity contribution in [2.75, 3.05) is 37.7 Å². The SMILES string of the molecule is Cc1ccc2n[nH]c(C)c2c1-c1c(F)cc2c(N3CC4CCC(C3)N4)nc(OCC34CCCN3C[C@H](F)C4)nc2c1F. The fourth-order valence-corrected chi connectivity index (χ4v) is 8.00. The first kappa shape index (κ1) is 26.2. The van der Waals surface area contributed by atoms with Crippen LogP contribution in [0.3, 0.4) is 0 Å². The number of halogens is 3. The molecule has 4 aliphatic rings. The Kier molecular flexibility index (Phi) is 5.95. The summed E-state index contributed by atoms with van der Waals surface area (Å²) in [6, 6.07) is 5.66. The van der Waals surface area contributed by atoms with Crippen molar-refractivity contribution < 1.29 is 17.9 Å². The molecule has 6 heterocycles. The predicted molar refractivity (Wildman–Crippen MR) is 155 cm³/mol. The van der Waals surface area contributed by atoms with E-state index in [0.717, 1.165) is 43.5 Å². The highest BCUT2D eigenvalue weighted by molar-refractivity contribution is 6.02. The maximum Gasteiger partial charge on any atom is 0.319 e. The van der Waals surface area contributed by atoms with Crippen LogP contribution in [0.2, 0.25) is 0 Å². The highest BCUT2D eigenvalue weighted by Gasteiger charge is 2.49. The van der Waals surface area contributed by atoms with Crippen LogP contribution in [0, 0.1) is 25.5 Å². The van der Waals surface area contributed by atoms with E-state index in [1.807, 2.05) is 26.0 Å². The summed E-state index contributed by atoms with van der Waals surface area (Å²) in [4.78, 5) is 13.6. The largest absolute Gasteiger partial charge is 0.461 e. The molecule has 4 atom stereocenters. The summed E-state index contributed by atoms with van der Waals surface area (Å²) < 4.78 is 53.5. The molecule has 4 saturated heterocycles. The number of ether oxygens (including phenoxy) is 1. The third-order valence-electron chi connectivity index (χ3n) is 9.95. The van der Waals surface area contributed by atoms with Gasteiger partial charge in [-0.05, 0) is 63.8 Å². The van der Waals surface area contributed by atoms with Gasteiger partial charge in [0.25, 0.3) is 0 Å². The number of H-pyrrole nitrogens is 1. The van der Waals surface area contributed by atoms with Gasteiger partial charge in [-0.1, -0.05) is 6.07 Å². The number of anilines is 1. The van der Waals surface area contributed by atoms with Crippen LogP contribution in [0.4, 0.5) is 19.0 Å². The molecule has 4 aliphatic heterocycles. The van der Waals surface area contributed by atoms with Crippen LogP contribution in [-0.4, -0.2) is 81.6 Å². The molecule has 2 bridgehead atoms. The molecule has 2 aromatic heterocycles. The molecule has 220 valence electrons. The van der Waals surface area contributed by atoms with Gasteiger partial charge in [-0.15, -0.1) is 0 Å². The van der Waals surface area contributed by atoms with Crippen molar-refractivity contribution >= 4 is 27.6 Å². The number of hydrogen-bond acceptors (Lipinski definition) is 7. The lowest BCUT2D eigenvalue weighted by Gasteiger charge is -2.34. The highest BCUT2D eigenvalue weighted by Crippen LogP contribution is 2.43. The van der Waals surface area contributed by atoms with Crippen LogP contribution in [0.25, 0.3) is 32.9 Å². The fourth-order valence-electron chi connectivity index (χ4n) is 8.00. The first-order chi connectivity index (χ1) is 20.3. The summed E-state index contributed by atoms with van der Waals surface area (Å²) in [6.45, 7) is 6.53. The molecule has 4 aromatic rings. The quantitative estimate of drug-likeness (QED) is 0.347. The van der Waals surface area contributed by atoms with Crippen LogP contribution in [-0.2, 0) is 0 Å². The van der Waals surface area contributed by atoms with E-state index >= 15 is 8.78 Å². The molecule has 3 unspecified atom stereocenters. The number of nitrogens with zero attached hydrogens (tertiary/aromatic N) is 5. The van der Waals surface area contributed by atoms with Crippen molar-refractivity contribution in [1.29, 1.82) is 0 Å². The van der Waals surface area contributed by atoms with Gasteiger partial charge in [0.15, 0.2) is 5.82 Å². The number of aryl methyl sites for hydroxylation is 2. The molecular weight excluding hydrogens is 543 g/mol. The Morgan fingerprint density at radius 1 is 1.07 bits per heavy atom. The van der Waals surface area contributed by atoms with E-state index in [1.165, 1.54) is 6.07 Å². The molecule has 2 N–H and O–H groups in total. The number of nitrogens with one attached hydrogen (secondary N) is 2. The van der Waals surface area contributed by atoms with Crippen molar-refractivity contribution in [1.82, 2.24) is 30.4 Å². The number of hydrogen-bond donors (Lipinski definition) is 2. The monoisotopic (exact) mass is 577 g/mol. The number of alkyl halides is 1. The molecule has 0 aliphatic carbocycles. The number of aromatic nitrogens is 4. The smallest absolute Gasteiger partial charge is 0.319 e. The fraction of sp³-hybridized carbons (Fsp3) is 0.516. The van der Waals surface area contributed by atoms with Gasteiger partial charge in [-0.3, -0.25) is 10.00 Å². The molecule has 0 spiro atoms. The van der Waals surface area contributed by atoms with Crippen molar-refractivity contribution in [2.24, 2.45) is 0 Å². The number of aromatic amines is 1. The van der Waals surface area contributed by atoms with Crippen LogP contribution in [0.15, 0.2) is 18.2 Å². The van der Waals surface area contributed by atoms with E-state index in [-0.39, 0.29) is 23.7 Å². The summed E-state index contributed by atoms with van der Waals surface area (Å²) in [6.07, 6.45) is 3.45. The summed E-state index contributed by atoms with van der Waals surface area (Å²) in [5.74, 6) is -0.950. The van der Waals surface area contributed by atoms with Gasteiger partial charge in [0.05, 0.1) is 16.6 Å². The topological polar surface area (TPSA) is 82.2 Å². The molecule has 2 aromatic carbocycles. The normalized spacial score (nSPS) is 27.5. The number of fused-ring (bicyclic) bond motifs is 5. The zero-order valence-corrected chi connectivity index (χ0v) is 23.8. The van der Waals surface area contributed by atoms with Crippen molar-refractivity contribution in [3.8, 4) is 17.1 Å². The maximum atomic E-state index is 16.8. The zero-order valence-electron chi connectivity index (χ0n) is 23.8. The summed E-state index contributed by atoms with van der Waals surface area (Å²) >= 11 is 0.